The zero-order chi connectivity index (χ0) is 20.5. The van der Waals surface area contributed by atoms with Crippen LogP contribution in [0.1, 0.15) is 45.7 Å². The van der Waals surface area contributed by atoms with Gasteiger partial charge in [-0.1, -0.05) is 24.3 Å². The van der Waals surface area contributed by atoms with E-state index in [9.17, 15) is 9.18 Å². The topological polar surface area (TPSA) is 42.7 Å². The van der Waals surface area contributed by atoms with E-state index in [1.807, 2.05) is 26.8 Å². The summed E-state index contributed by atoms with van der Waals surface area (Å²) in [5, 5.41) is 0.974. The van der Waals surface area contributed by atoms with E-state index in [0.717, 1.165) is 34.9 Å². The number of carbonyl (C=O) groups is 1. The fraction of sp³-hybridized carbons (Fsp3) is 0.375. The van der Waals surface area contributed by atoms with E-state index in [2.05, 4.69) is 6.07 Å². The van der Waals surface area contributed by atoms with E-state index in [1.165, 1.54) is 6.07 Å². The van der Waals surface area contributed by atoms with Gasteiger partial charge in [-0.05, 0) is 56.9 Å². The number of amides is 1. The molecule has 1 aromatic heterocycles. The lowest BCUT2D eigenvalue weighted by atomic mass is 10.0. The predicted molar refractivity (Wildman–Crippen MR) is 111 cm³/mol. The van der Waals surface area contributed by atoms with Gasteiger partial charge in [0.2, 0.25) is 0 Å². The highest BCUT2D eigenvalue weighted by Gasteiger charge is 2.28. The van der Waals surface area contributed by atoms with Crippen LogP contribution in [0.15, 0.2) is 40.8 Å². The minimum absolute atomic E-state index is 0.0283. The quantitative estimate of drug-likeness (QED) is 0.587. The van der Waals surface area contributed by atoms with Gasteiger partial charge in [-0.15, -0.1) is 0 Å². The molecular formula is C24H26FNO3. The number of rotatable bonds is 5. The number of furan rings is 1. The second kappa shape index (κ2) is 7.99. The van der Waals surface area contributed by atoms with Gasteiger partial charge in [-0.2, -0.15) is 0 Å². The number of nitrogens with zero attached hydrogens (tertiary/aromatic N) is 1. The summed E-state index contributed by atoms with van der Waals surface area (Å²) in [6.45, 7) is 7.24. The van der Waals surface area contributed by atoms with E-state index >= 15 is 0 Å². The van der Waals surface area contributed by atoms with Crippen LogP contribution in [0.5, 0.6) is 0 Å². The molecule has 4 nitrogen and oxygen atoms in total. The molecule has 0 saturated carbocycles. The van der Waals surface area contributed by atoms with Crippen molar-refractivity contribution in [1.29, 1.82) is 0 Å². The summed E-state index contributed by atoms with van der Waals surface area (Å²) in [5.74, 6) is -0.219. The highest BCUT2D eigenvalue weighted by molar-refractivity contribution is 6.00. The van der Waals surface area contributed by atoms with E-state index < -0.39 is 0 Å². The van der Waals surface area contributed by atoms with Gasteiger partial charge >= 0.3 is 0 Å². The monoisotopic (exact) mass is 395 g/mol. The predicted octanol–water partition coefficient (Wildman–Crippen LogP) is 5.32. The zero-order valence-corrected chi connectivity index (χ0v) is 17.1. The largest absolute Gasteiger partial charge is 0.451 e. The third kappa shape index (κ3) is 3.92. The van der Waals surface area contributed by atoms with Crippen LogP contribution in [0.25, 0.3) is 11.0 Å². The Morgan fingerprint density at radius 3 is 2.72 bits per heavy atom. The van der Waals surface area contributed by atoms with Crippen LogP contribution < -0.4 is 0 Å². The molecule has 1 amide bonds. The number of hydrogen-bond donors (Lipinski definition) is 0. The average Bonchev–Trinajstić information content (AvgIpc) is 3.30. The van der Waals surface area contributed by atoms with Gasteiger partial charge in [-0.3, -0.25) is 4.79 Å². The molecule has 1 aliphatic rings. The van der Waals surface area contributed by atoms with E-state index in [0.29, 0.717) is 30.1 Å². The molecule has 1 aliphatic heterocycles. The van der Waals surface area contributed by atoms with Crippen molar-refractivity contribution < 1.29 is 18.3 Å². The molecule has 0 aliphatic carbocycles. The van der Waals surface area contributed by atoms with Crippen molar-refractivity contribution in [2.75, 3.05) is 13.2 Å². The van der Waals surface area contributed by atoms with Gasteiger partial charge in [0.15, 0.2) is 5.76 Å². The van der Waals surface area contributed by atoms with E-state index in [1.54, 1.807) is 23.1 Å². The van der Waals surface area contributed by atoms with Crippen LogP contribution in [-0.4, -0.2) is 30.1 Å². The van der Waals surface area contributed by atoms with Crippen molar-refractivity contribution >= 4 is 16.9 Å². The molecule has 1 unspecified atom stereocenters. The molecule has 1 fully saturated rings. The van der Waals surface area contributed by atoms with Crippen LogP contribution in [0.2, 0.25) is 0 Å². The van der Waals surface area contributed by atoms with Gasteiger partial charge < -0.3 is 14.1 Å². The smallest absolute Gasteiger partial charge is 0.290 e. The lowest BCUT2D eigenvalue weighted by Crippen LogP contribution is -2.37. The first-order valence-corrected chi connectivity index (χ1v) is 10.1. The molecule has 0 bridgehead atoms. The molecule has 0 radical (unpaired) electrons. The number of benzene rings is 2. The van der Waals surface area contributed by atoms with Crippen LogP contribution in [0.3, 0.4) is 0 Å². The van der Waals surface area contributed by atoms with E-state index in [4.69, 9.17) is 9.15 Å². The molecule has 152 valence electrons. The first-order valence-electron chi connectivity index (χ1n) is 10.1. The number of aryl methyl sites for hydroxylation is 3. The van der Waals surface area contributed by atoms with Crippen LogP contribution >= 0.6 is 0 Å². The molecule has 5 heteroatoms. The normalized spacial score (nSPS) is 16.5. The van der Waals surface area contributed by atoms with Crippen molar-refractivity contribution in [3.05, 3.63) is 70.2 Å². The highest BCUT2D eigenvalue weighted by Crippen LogP contribution is 2.31. The first kappa shape index (κ1) is 19.6. The summed E-state index contributed by atoms with van der Waals surface area (Å²) in [6, 6.07) is 10.6. The number of fused-ring (bicyclic) bond motifs is 1. The second-order valence-electron chi connectivity index (χ2n) is 7.92. The summed E-state index contributed by atoms with van der Waals surface area (Å²) in [6.07, 6.45) is 1.85. The van der Waals surface area contributed by atoms with Gasteiger partial charge in [-0.25, -0.2) is 4.39 Å². The van der Waals surface area contributed by atoms with Crippen LogP contribution in [-0.2, 0) is 11.3 Å². The van der Waals surface area contributed by atoms with Gasteiger partial charge in [0.25, 0.3) is 5.91 Å². The minimum Gasteiger partial charge on any atom is -0.451 e. The lowest BCUT2D eigenvalue weighted by Gasteiger charge is -2.25. The van der Waals surface area contributed by atoms with Gasteiger partial charge in [0.1, 0.15) is 11.4 Å². The molecule has 1 atom stereocenters. The van der Waals surface area contributed by atoms with Crippen molar-refractivity contribution in [2.45, 2.75) is 46.3 Å². The SMILES string of the molecule is Cc1cc(C)c2c(C)c(C(=O)N(Cc3ccccc3F)CC3CCCO3)oc2c1. The third-order valence-corrected chi connectivity index (χ3v) is 5.62. The second-order valence-corrected chi connectivity index (χ2v) is 7.92. The number of halogens is 1. The Labute approximate surface area is 170 Å². The maximum Gasteiger partial charge on any atom is 0.290 e. The Balaban J connectivity index is 1.70. The van der Waals surface area contributed by atoms with Crippen molar-refractivity contribution in [3.63, 3.8) is 0 Å². The molecule has 2 aromatic carbocycles. The summed E-state index contributed by atoms with van der Waals surface area (Å²) < 4.78 is 26.0. The highest BCUT2D eigenvalue weighted by atomic mass is 19.1. The molecule has 3 aromatic rings. The van der Waals surface area contributed by atoms with Crippen LogP contribution in [0.4, 0.5) is 4.39 Å². The molecule has 29 heavy (non-hydrogen) atoms. The molecule has 1 saturated heterocycles. The average molecular weight is 395 g/mol. The van der Waals surface area contributed by atoms with E-state index in [-0.39, 0.29) is 24.4 Å². The Bertz CT molecular complexity index is 1050. The Kier molecular flexibility index (Phi) is 5.41. The fourth-order valence-corrected chi connectivity index (χ4v) is 4.22. The summed E-state index contributed by atoms with van der Waals surface area (Å²) in [7, 11) is 0. The number of hydrogen-bond acceptors (Lipinski definition) is 3. The summed E-state index contributed by atoms with van der Waals surface area (Å²) in [4.78, 5) is 15.1. The Morgan fingerprint density at radius 1 is 1.21 bits per heavy atom. The molecule has 0 spiro atoms. The van der Waals surface area contributed by atoms with Gasteiger partial charge in [0, 0.05) is 36.2 Å². The molecular weight excluding hydrogens is 369 g/mol. The molecule has 2 heterocycles. The Hall–Kier alpha value is -2.66. The van der Waals surface area contributed by atoms with Crippen molar-refractivity contribution in [3.8, 4) is 0 Å². The minimum atomic E-state index is -0.314. The summed E-state index contributed by atoms with van der Waals surface area (Å²) in [5.41, 5.74) is 4.20. The first-order chi connectivity index (χ1) is 13.9. The molecule has 0 N–H and O–H groups in total. The van der Waals surface area contributed by atoms with Crippen molar-refractivity contribution in [1.82, 2.24) is 4.90 Å². The Morgan fingerprint density at radius 2 is 2.00 bits per heavy atom. The number of ether oxygens (including phenoxy) is 1. The van der Waals surface area contributed by atoms with Crippen molar-refractivity contribution in [2.24, 2.45) is 0 Å². The summed E-state index contributed by atoms with van der Waals surface area (Å²) >= 11 is 0. The van der Waals surface area contributed by atoms with Crippen LogP contribution in [0, 0.1) is 26.6 Å². The van der Waals surface area contributed by atoms with Gasteiger partial charge in [0.05, 0.1) is 6.10 Å². The maximum absolute atomic E-state index is 14.3. The standard InChI is InChI=1S/C24H26FNO3/c1-15-11-16(2)22-17(3)23(29-21(22)12-15)24(27)26(14-19-8-6-10-28-19)13-18-7-4-5-9-20(18)25/h4-5,7,9,11-12,19H,6,8,10,13-14H2,1-3H3. The lowest BCUT2D eigenvalue weighted by molar-refractivity contribution is 0.0482. The fourth-order valence-electron chi connectivity index (χ4n) is 4.22. The maximum atomic E-state index is 14.3. The third-order valence-electron chi connectivity index (χ3n) is 5.62. The zero-order valence-electron chi connectivity index (χ0n) is 17.1. The molecule has 4 rings (SSSR count). The number of carbonyl (C=O) groups excluding carboxylic acids is 1.